The van der Waals surface area contributed by atoms with Crippen LogP contribution in [0.2, 0.25) is 0 Å². The fourth-order valence-corrected chi connectivity index (χ4v) is 3.02. The smallest absolute Gasteiger partial charge is 0.0637 e. The molecule has 0 saturated carbocycles. The van der Waals surface area contributed by atoms with Crippen LogP contribution < -0.4 is 5.73 Å². The Morgan fingerprint density at radius 2 is 2.12 bits per heavy atom. The molecule has 1 saturated heterocycles. The predicted octanol–water partition coefficient (Wildman–Crippen LogP) is 2.39. The Labute approximate surface area is 107 Å². The van der Waals surface area contributed by atoms with E-state index in [1.807, 2.05) is 0 Å². The number of nitrogens with zero attached hydrogens (tertiary/aromatic N) is 1. The molecular formula is C14H30N2O. The summed E-state index contributed by atoms with van der Waals surface area (Å²) in [6, 6.07) is 1.28. The van der Waals surface area contributed by atoms with E-state index in [0.29, 0.717) is 12.1 Å². The number of likely N-dealkylation sites (tertiary alicyclic amines) is 1. The minimum atomic E-state index is -0.0237. The summed E-state index contributed by atoms with van der Waals surface area (Å²) >= 11 is 0. The lowest BCUT2D eigenvalue weighted by Crippen LogP contribution is -2.48. The summed E-state index contributed by atoms with van der Waals surface area (Å²) < 4.78 is 5.54. The van der Waals surface area contributed by atoms with Crippen LogP contribution in [0.15, 0.2) is 0 Å². The fourth-order valence-electron chi connectivity index (χ4n) is 3.02. The van der Waals surface area contributed by atoms with Crippen molar-refractivity contribution in [2.24, 2.45) is 5.73 Å². The van der Waals surface area contributed by atoms with Crippen LogP contribution in [0.4, 0.5) is 0 Å². The molecule has 0 bridgehead atoms. The molecule has 1 aliphatic heterocycles. The van der Waals surface area contributed by atoms with Crippen molar-refractivity contribution in [3.63, 3.8) is 0 Å². The van der Waals surface area contributed by atoms with Crippen molar-refractivity contribution < 1.29 is 4.74 Å². The molecule has 0 amide bonds. The third-order valence-corrected chi connectivity index (χ3v) is 4.08. The van der Waals surface area contributed by atoms with Crippen molar-refractivity contribution in [1.29, 1.82) is 0 Å². The molecule has 2 N–H and O–H groups in total. The molecule has 3 nitrogen and oxygen atoms in total. The highest BCUT2D eigenvalue weighted by Crippen LogP contribution is 2.26. The number of ether oxygens (including phenoxy) is 1. The Hall–Kier alpha value is -0.120. The Bertz CT molecular complexity index is 216. The number of hydrogen-bond acceptors (Lipinski definition) is 3. The summed E-state index contributed by atoms with van der Waals surface area (Å²) in [6.45, 7) is 8.71. The first kappa shape index (κ1) is 14.9. The third kappa shape index (κ3) is 4.57. The van der Waals surface area contributed by atoms with Gasteiger partial charge < -0.3 is 10.5 Å². The number of rotatable bonds is 6. The van der Waals surface area contributed by atoms with E-state index in [9.17, 15) is 0 Å². The molecule has 1 fully saturated rings. The lowest BCUT2D eigenvalue weighted by atomic mass is 9.93. The lowest BCUT2D eigenvalue weighted by Gasteiger charge is -2.42. The first-order valence-corrected chi connectivity index (χ1v) is 7.01. The number of methoxy groups -OCH3 is 1. The molecule has 1 rings (SSSR count). The van der Waals surface area contributed by atoms with Gasteiger partial charge in [-0.3, -0.25) is 4.90 Å². The van der Waals surface area contributed by atoms with Gasteiger partial charge in [-0.2, -0.15) is 0 Å². The maximum Gasteiger partial charge on any atom is 0.0637 e. The molecule has 0 aromatic rings. The van der Waals surface area contributed by atoms with Crippen LogP contribution in [-0.4, -0.2) is 42.8 Å². The van der Waals surface area contributed by atoms with Crippen molar-refractivity contribution in [2.75, 3.05) is 20.2 Å². The minimum Gasteiger partial charge on any atom is -0.379 e. The SMILES string of the molecule is COC(C)(C)CC(C)N1CCCCC1CCN. The van der Waals surface area contributed by atoms with Crippen LogP contribution in [0.5, 0.6) is 0 Å². The van der Waals surface area contributed by atoms with E-state index in [0.717, 1.165) is 19.4 Å². The molecule has 2 atom stereocenters. The van der Waals surface area contributed by atoms with Gasteiger partial charge in [-0.05, 0) is 59.5 Å². The van der Waals surface area contributed by atoms with Crippen molar-refractivity contribution in [3.8, 4) is 0 Å². The van der Waals surface area contributed by atoms with Gasteiger partial charge in [-0.1, -0.05) is 6.42 Å². The van der Waals surface area contributed by atoms with E-state index in [4.69, 9.17) is 10.5 Å². The van der Waals surface area contributed by atoms with Gasteiger partial charge in [-0.15, -0.1) is 0 Å². The van der Waals surface area contributed by atoms with Crippen LogP contribution in [0, 0.1) is 0 Å². The maximum atomic E-state index is 5.72. The van der Waals surface area contributed by atoms with Crippen molar-refractivity contribution >= 4 is 0 Å². The zero-order valence-corrected chi connectivity index (χ0v) is 12.0. The van der Waals surface area contributed by atoms with Gasteiger partial charge in [0.1, 0.15) is 0 Å². The van der Waals surface area contributed by atoms with E-state index < -0.39 is 0 Å². The molecule has 17 heavy (non-hydrogen) atoms. The molecule has 2 unspecified atom stereocenters. The molecule has 0 spiro atoms. The van der Waals surface area contributed by atoms with Gasteiger partial charge in [0.25, 0.3) is 0 Å². The van der Waals surface area contributed by atoms with E-state index in [2.05, 4.69) is 25.7 Å². The first-order chi connectivity index (χ1) is 8.00. The topological polar surface area (TPSA) is 38.5 Å². The second-order valence-electron chi connectivity index (χ2n) is 5.98. The summed E-state index contributed by atoms with van der Waals surface area (Å²) in [7, 11) is 1.81. The highest BCUT2D eigenvalue weighted by atomic mass is 16.5. The molecule has 1 heterocycles. The van der Waals surface area contributed by atoms with E-state index >= 15 is 0 Å². The largest absolute Gasteiger partial charge is 0.379 e. The second-order valence-corrected chi connectivity index (χ2v) is 5.98. The summed E-state index contributed by atoms with van der Waals surface area (Å²) in [4.78, 5) is 2.65. The molecular weight excluding hydrogens is 212 g/mol. The maximum absolute atomic E-state index is 5.72. The molecule has 0 radical (unpaired) electrons. The van der Waals surface area contributed by atoms with E-state index in [1.165, 1.54) is 25.8 Å². The van der Waals surface area contributed by atoms with Crippen molar-refractivity contribution in [3.05, 3.63) is 0 Å². The lowest BCUT2D eigenvalue weighted by molar-refractivity contribution is -0.0179. The molecule has 102 valence electrons. The fraction of sp³-hybridized carbons (Fsp3) is 1.00. The normalized spacial score (nSPS) is 24.9. The minimum absolute atomic E-state index is 0.0237. The van der Waals surface area contributed by atoms with E-state index in [1.54, 1.807) is 7.11 Å². The average molecular weight is 242 g/mol. The highest BCUT2D eigenvalue weighted by molar-refractivity contribution is 4.84. The molecule has 0 aromatic carbocycles. The molecule has 0 aliphatic carbocycles. The van der Waals surface area contributed by atoms with Gasteiger partial charge in [-0.25, -0.2) is 0 Å². The number of piperidine rings is 1. The van der Waals surface area contributed by atoms with Crippen molar-refractivity contribution in [1.82, 2.24) is 4.90 Å². The van der Waals surface area contributed by atoms with Crippen LogP contribution in [0.25, 0.3) is 0 Å². The summed E-state index contributed by atoms with van der Waals surface area (Å²) in [5, 5.41) is 0. The Balaban J connectivity index is 2.55. The van der Waals surface area contributed by atoms with Gasteiger partial charge >= 0.3 is 0 Å². The van der Waals surface area contributed by atoms with Gasteiger partial charge in [0.2, 0.25) is 0 Å². The average Bonchev–Trinajstić information content (AvgIpc) is 2.29. The van der Waals surface area contributed by atoms with Gasteiger partial charge in [0.15, 0.2) is 0 Å². The Kier molecular flexibility index (Phi) is 5.90. The summed E-state index contributed by atoms with van der Waals surface area (Å²) in [6.07, 6.45) is 6.23. The number of hydrogen-bond donors (Lipinski definition) is 1. The van der Waals surface area contributed by atoms with Crippen LogP contribution in [0.3, 0.4) is 0 Å². The highest BCUT2D eigenvalue weighted by Gasteiger charge is 2.29. The number of nitrogens with two attached hydrogens (primary N) is 1. The predicted molar refractivity (Wildman–Crippen MR) is 73.2 cm³/mol. The zero-order chi connectivity index (χ0) is 12.9. The monoisotopic (exact) mass is 242 g/mol. The molecule has 0 aromatic heterocycles. The van der Waals surface area contributed by atoms with E-state index in [-0.39, 0.29) is 5.60 Å². The molecule has 1 aliphatic rings. The summed E-state index contributed by atoms with van der Waals surface area (Å²) in [5.74, 6) is 0. The van der Waals surface area contributed by atoms with Crippen LogP contribution in [0.1, 0.15) is 52.9 Å². The Morgan fingerprint density at radius 1 is 1.41 bits per heavy atom. The quantitative estimate of drug-likeness (QED) is 0.777. The van der Waals surface area contributed by atoms with Crippen molar-refractivity contribution in [2.45, 2.75) is 70.6 Å². The van der Waals surface area contributed by atoms with Crippen LogP contribution in [-0.2, 0) is 4.74 Å². The van der Waals surface area contributed by atoms with Crippen LogP contribution >= 0.6 is 0 Å². The summed E-state index contributed by atoms with van der Waals surface area (Å²) in [5.41, 5.74) is 5.70. The second kappa shape index (κ2) is 6.72. The molecule has 3 heteroatoms. The Morgan fingerprint density at radius 3 is 2.71 bits per heavy atom. The van der Waals surface area contributed by atoms with Gasteiger partial charge in [0, 0.05) is 19.2 Å². The zero-order valence-electron chi connectivity index (χ0n) is 12.0. The standard InChI is InChI=1S/C14H30N2O/c1-12(11-14(2,3)17-4)16-10-6-5-7-13(16)8-9-15/h12-13H,5-11,15H2,1-4H3. The first-order valence-electron chi connectivity index (χ1n) is 7.01. The third-order valence-electron chi connectivity index (χ3n) is 4.08. The van der Waals surface area contributed by atoms with Gasteiger partial charge in [0.05, 0.1) is 5.60 Å².